The first-order chi connectivity index (χ1) is 8.70. The molecule has 0 aliphatic carbocycles. The maximum absolute atomic E-state index is 11.9. The number of carbonyl (C=O) groups excluding carboxylic acids is 1. The van der Waals surface area contributed by atoms with Gasteiger partial charge in [0.25, 0.3) is 5.91 Å². The molecule has 0 radical (unpaired) electrons. The Morgan fingerprint density at radius 3 is 2.94 bits per heavy atom. The van der Waals surface area contributed by atoms with E-state index < -0.39 is 0 Å². The van der Waals surface area contributed by atoms with Crippen LogP contribution >= 0.6 is 11.3 Å². The number of ether oxygens (including phenoxy) is 1. The van der Waals surface area contributed by atoms with Gasteiger partial charge in [0, 0.05) is 23.2 Å². The van der Waals surface area contributed by atoms with E-state index in [9.17, 15) is 4.79 Å². The fraction of sp³-hybridized carbons (Fsp3) is 0.231. The summed E-state index contributed by atoms with van der Waals surface area (Å²) in [6, 6.07) is 7.46. The SMILES string of the molecule is COc1ncccc1CNC(=O)c1ccc(C)s1. The molecule has 2 rings (SSSR count). The summed E-state index contributed by atoms with van der Waals surface area (Å²) in [6.07, 6.45) is 1.66. The number of aryl methyl sites for hydroxylation is 1. The first-order valence-corrected chi connectivity index (χ1v) is 6.35. The number of carbonyl (C=O) groups is 1. The molecule has 0 aliphatic heterocycles. The lowest BCUT2D eigenvalue weighted by molar-refractivity contribution is 0.0954. The Labute approximate surface area is 110 Å². The summed E-state index contributed by atoms with van der Waals surface area (Å²) in [6.45, 7) is 2.39. The molecule has 0 bridgehead atoms. The van der Waals surface area contributed by atoms with Gasteiger partial charge < -0.3 is 10.1 Å². The maximum Gasteiger partial charge on any atom is 0.261 e. The van der Waals surface area contributed by atoms with Gasteiger partial charge in [0.15, 0.2) is 0 Å². The minimum Gasteiger partial charge on any atom is -0.481 e. The first-order valence-electron chi connectivity index (χ1n) is 5.53. The Morgan fingerprint density at radius 1 is 1.44 bits per heavy atom. The molecule has 4 nitrogen and oxygen atoms in total. The number of methoxy groups -OCH3 is 1. The van der Waals surface area contributed by atoms with Gasteiger partial charge in [-0.25, -0.2) is 4.98 Å². The number of pyridine rings is 1. The van der Waals surface area contributed by atoms with Crippen LogP contribution < -0.4 is 10.1 Å². The summed E-state index contributed by atoms with van der Waals surface area (Å²) >= 11 is 1.48. The van der Waals surface area contributed by atoms with Crippen LogP contribution in [0.15, 0.2) is 30.5 Å². The molecule has 2 aromatic heterocycles. The highest BCUT2D eigenvalue weighted by molar-refractivity contribution is 7.13. The van der Waals surface area contributed by atoms with Crippen molar-refractivity contribution < 1.29 is 9.53 Å². The lowest BCUT2D eigenvalue weighted by Crippen LogP contribution is -2.22. The molecule has 0 saturated heterocycles. The molecule has 2 heterocycles. The molecule has 0 unspecified atom stereocenters. The van der Waals surface area contributed by atoms with Gasteiger partial charge in [-0.15, -0.1) is 11.3 Å². The van der Waals surface area contributed by atoms with Gasteiger partial charge in [0.2, 0.25) is 5.88 Å². The third-order valence-electron chi connectivity index (χ3n) is 2.45. The van der Waals surface area contributed by atoms with Crippen molar-refractivity contribution in [3.63, 3.8) is 0 Å². The molecule has 0 atom stereocenters. The molecule has 0 aliphatic rings. The highest BCUT2D eigenvalue weighted by atomic mass is 32.1. The molecule has 0 fully saturated rings. The molecule has 0 saturated carbocycles. The third-order valence-corrected chi connectivity index (χ3v) is 3.45. The second-order valence-corrected chi connectivity index (χ2v) is 5.05. The summed E-state index contributed by atoms with van der Waals surface area (Å²) in [7, 11) is 1.57. The average Bonchev–Trinajstić information content (AvgIpc) is 2.83. The van der Waals surface area contributed by atoms with Gasteiger partial charge >= 0.3 is 0 Å². The zero-order chi connectivity index (χ0) is 13.0. The Bertz CT molecular complexity index is 551. The van der Waals surface area contributed by atoms with E-state index in [0.29, 0.717) is 12.4 Å². The van der Waals surface area contributed by atoms with E-state index in [2.05, 4.69) is 10.3 Å². The van der Waals surface area contributed by atoms with Crippen molar-refractivity contribution in [1.29, 1.82) is 0 Å². The Morgan fingerprint density at radius 2 is 2.28 bits per heavy atom. The van der Waals surface area contributed by atoms with Crippen LogP contribution in [0.25, 0.3) is 0 Å². The predicted molar refractivity (Wildman–Crippen MR) is 71.0 cm³/mol. The van der Waals surface area contributed by atoms with Gasteiger partial charge in [-0.2, -0.15) is 0 Å². The number of nitrogens with zero attached hydrogens (tertiary/aromatic N) is 1. The van der Waals surface area contributed by atoms with E-state index in [4.69, 9.17) is 4.74 Å². The third kappa shape index (κ3) is 2.87. The fourth-order valence-corrected chi connectivity index (χ4v) is 2.35. The van der Waals surface area contributed by atoms with E-state index in [1.807, 2.05) is 31.2 Å². The van der Waals surface area contributed by atoms with Crippen LogP contribution in [-0.2, 0) is 6.54 Å². The number of rotatable bonds is 4. The highest BCUT2D eigenvalue weighted by Gasteiger charge is 2.09. The fourth-order valence-electron chi connectivity index (χ4n) is 1.56. The van der Waals surface area contributed by atoms with Crippen molar-refractivity contribution >= 4 is 17.2 Å². The van der Waals surface area contributed by atoms with Crippen LogP contribution in [0.5, 0.6) is 5.88 Å². The highest BCUT2D eigenvalue weighted by Crippen LogP contribution is 2.16. The predicted octanol–water partition coefficient (Wildman–Crippen LogP) is 2.39. The minimum atomic E-state index is -0.0704. The molecule has 18 heavy (non-hydrogen) atoms. The smallest absolute Gasteiger partial charge is 0.261 e. The number of hydrogen-bond donors (Lipinski definition) is 1. The summed E-state index contributed by atoms with van der Waals surface area (Å²) in [5.41, 5.74) is 0.863. The molecular weight excluding hydrogens is 248 g/mol. The van der Waals surface area contributed by atoms with Gasteiger partial charge in [0.05, 0.1) is 12.0 Å². The van der Waals surface area contributed by atoms with E-state index in [0.717, 1.165) is 15.3 Å². The molecule has 5 heteroatoms. The quantitative estimate of drug-likeness (QED) is 0.920. The number of aromatic nitrogens is 1. The van der Waals surface area contributed by atoms with Crippen molar-refractivity contribution in [1.82, 2.24) is 10.3 Å². The van der Waals surface area contributed by atoms with Crippen molar-refractivity contribution in [3.05, 3.63) is 45.8 Å². The van der Waals surface area contributed by atoms with Crippen LogP contribution in [0.3, 0.4) is 0 Å². The number of hydrogen-bond acceptors (Lipinski definition) is 4. The molecule has 2 aromatic rings. The summed E-state index contributed by atoms with van der Waals surface area (Å²) in [5, 5.41) is 2.85. The van der Waals surface area contributed by atoms with Crippen LogP contribution in [-0.4, -0.2) is 18.0 Å². The molecule has 0 spiro atoms. The van der Waals surface area contributed by atoms with E-state index in [1.165, 1.54) is 11.3 Å². The van der Waals surface area contributed by atoms with Crippen LogP contribution in [0.4, 0.5) is 0 Å². The van der Waals surface area contributed by atoms with Crippen LogP contribution in [0.1, 0.15) is 20.1 Å². The summed E-state index contributed by atoms with van der Waals surface area (Å²) < 4.78 is 5.13. The molecule has 1 amide bonds. The zero-order valence-corrected chi connectivity index (χ0v) is 11.1. The van der Waals surface area contributed by atoms with Crippen molar-refractivity contribution in [2.24, 2.45) is 0 Å². The standard InChI is InChI=1S/C13H14N2O2S/c1-9-5-6-11(18-9)12(16)15-8-10-4-3-7-14-13(10)17-2/h3-7H,8H2,1-2H3,(H,15,16). The van der Waals surface area contributed by atoms with E-state index >= 15 is 0 Å². The molecule has 1 N–H and O–H groups in total. The molecular formula is C13H14N2O2S. The Kier molecular flexibility index (Phi) is 3.94. The maximum atomic E-state index is 11.9. The second-order valence-electron chi connectivity index (χ2n) is 3.76. The number of thiophene rings is 1. The normalized spacial score (nSPS) is 10.1. The number of nitrogens with one attached hydrogen (secondary N) is 1. The van der Waals surface area contributed by atoms with Gasteiger partial charge in [-0.1, -0.05) is 6.07 Å². The molecule has 94 valence electrons. The minimum absolute atomic E-state index is 0.0704. The topological polar surface area (TPSA) is 51.2 Å². The van der Waals surface area contributed by atoms with Crippen molar-refractivity contribution in [2.45, 2.75) is 13.5 Å². The largest absolute Gasteiger partial charge is 0.481 e. The van der Waals surface area contributed by atoms with E-state index in [-0.39, 0.29) is 5.91 Å². The van der Waals surface area contributed by atoms with Crippen molar-refractivity contribution in [2.75, 3.05) is 7.11 Å². The lowest BCUT2D eigenvalue weighted by Gasteiger charge is -2.07. The Hall–Kier alpha value is -1.88. The number of amides is 1. The summed E-state index contributed by atoms with van der Waals surface area (Å²) in [4.78, 5) is 17.8. The van der Waals surface area contributed by atoms with Crippen LogP contribution in [0, 0.1) is 6.92 Å². The summed E-state index contributed by atoms with van der Waals surface area (Å²) in [5.74, 6) is 0.471. The Balaban J connectivity index is 2.01. The lowest BCUT2D eigenvalue weighted by atomic mass is 10.2. The van der Waals surface area contributed by atoms with Crippen molar-refractivity contribution in [3.8, 4) is 5.88 Å². The van der Waals surface area contributed by atoms with Crippen LogP contribution in [0.2, 0.25) is 0 Å². The van der Waals surface area contributed by atoms with E-state index in [1.54, 1.807) is 13.3 Å². The second kappa shape index (κ2) is 5.64. The first kappa shape index (κ1) is 12.6. The van der Waals surface area contributed by atoms with Gasteiger partial charge in [-0.05, 0) is 25.1 Å². The van der Waals surface area contributed by atoms with Gasteiger partial charge in [-0.3, -0.25) is 4.79 Å². The zero-order valence-electron chi connectivity index (χ0n) is 10.3. The monoisotopic (exact) mass is 262 g/mol. The van der Waals surface area contributed by atoms with Gasteiger partial charge in [0.1, 0.15) is 0 Å². The molecule has 0 aromatic carbocycles. The average molecular weight is 262 g/mol.